The molecule has 0 saturated carbocycles. The molecular formula is C14H26N6O2. The average molecular weight is 314 g/mol. The lowest BCUT2D eigenvalue weighted by Crippen LogP contribution is -2.23. The van der Waals surface area contributed by atoms with E-state index in [1.54, 1.807) is 0 Å². The molecule has 0 spiro atoms. The lowest BCUT2D eigenvalue weighted by molar-refractivity contribution is 0.160. The van der Waals surface area contributed by atoms with Gasteiger partial charge in [0, 0.05) is 27.2 Å². The van der Waals surface area contributed by atoms with Crippen LogP contribution in [0.25, 0.3) is 0 Å². The molecule has 0 amide bonds. The SMILES string of the molecule is [3H]C(=NOCC)C1=NCCN1C.[3H]C(=NOCC)C1=NCCN1C. The van der Waals surface area contributed by atoms with E-state index >= 15 is 0 Å². The number of nitrogens with zero attached hydrogens (tertiary/aromatic N) is 6. The van der Waals surface area contributed by atoms with Crippen LogP contribution in [0.15, 0.2) is 20.3 Å². The summed E-state index contributed by atoms with van der Waals surface area (Å²) in [5.74, 6) is 1.23. The molecule has 22 heavy (non-hydrogen) atoms. The summed E-state index contributed by atoms with van der Waals surface area (Å²) in [5, 5.41) is 7.17. The minimum atomic E-state index is 0.108. The van der Waals surface area contributed by atoms with Gasteiger partial charge >= 0.3 is 0 Å². The van der Waals surface area contributed by atoms with Gasteiger partial charge in [0.2, 0.25) is 0 Å². The fourth-order valence-corrected chi connectivity index (χ4v) is 1.58. The van der Waals surface area contributed by atoms with Gasteiger partial charge in [-0.2, -0.15) is 0 Å². The van der Waals surface area contributed by atoms with E-state index in [1.807, 2.05) is 37.7 Å². The Morgan fingerprint density at radius 3 is 1.68 bits per heavy atom. The third-order valence-corrected chi connectivity index (χ3v) is 2.80. The maximum atomic E-state index is 7.46. The molecule has 0 aromatic carbocycles. The van der Waals surface area contributed by atoms with E-state index in [4.69, 9.17) is 12.4 Å². The van der Waals surface area contributed by atoms with Gasteiger partial charge in [0.25, 0.3) is 0 Å². The molecule has 124 valence electrons. The van der Waals surface area contributed by atoms with Crippen molar-refractivity contribution in [2.24, 2.45) is 20.3 Å². The van der Waals surface area contributed by atoms with Crippen molar-refractivity contribution in [2.45, 2.75) is 13.8 Å². The first-order valence-electron chi connectivity index (χ1n) is 8.36. The van der Waals surface area contributed by atoms with Gasteiger partial charge in [-0.3, -0.25) is 9.98 Å². The Balaban J connectivity index is 0.000000240. The lowest BCUT2D eigenvalue weighted by atomic mass is 10.6. The highest BCUT2D eigenvalue weighted by molar-refractivity contribution is 6.29. The summed E-state index contributed by atoms with van der Waals surface area (Å²) in [6.45, 7) is 7.84. The first-order chi connectivity index (χ1) is 11.5. The van der Waals surface area contributed by atoms with Gasteiger partial charge in [0.05, 0.1) is 15.8 Å². The van der Waals surface area contributed by atoms with Crippen LogP contribution < -0.4 is 0 Å². The molecule has 0 N–H and O–H groups in total. The fourth-order valence-electron chi connectivity index (χ4n) is 1.58. The molecule has 8 heteroatoms. The molecule has 0 aromatic rings. The van der Waals surface area contributed by atoms with Gasteiger partial charge in [-0.05, 0) is 13.8 Å². The lowest BCUT2D eigenvalue weighted by Gasteiger charge is -2.08. The quantitative estimate of drug-likeness (QED) is 0.534. The monoisotopic (exact) mass is 314 g/mol. The predicted octanol–water partition coefficient (Wildman–Crippen LogP) is 0.705. The van der Waals surface area contributed by atoms with Crippen LogP contribution in [0, 0.1) is 0 Å². The Bertz CT molecular complexity index is 475. The normalized spacial score (nSPS) is 19.8. The second-order valence-electron chi connectivity index (χ2n) is 4.50. The van der Waals surface area contributed by atoms with Gasteiger partial charge in [0.15, 0.2) is 0 Å². The molecule has 0 saturated heterocycles. The van der Waals surface area contributed by atoms with Crippen molar-refractivity contribution < 1.29 is 12.4 Å². The van der Waals surface area contributed by atoms with Crippen LogP contribution in [0.4, 0.5) is 0 Å². The van der Waals surface area contributed by atoms with Gasteiger partial charge in [0.1, 0.15) is 37.3 Å². The van der Waals surface area contributed by atoms with Gasteiger partial charge in [-0.15, -0.1) is 0 Å². The van der Waals surface area contributed by atoms with Crippen LogP contribution >= 0.6 is 0 Å². The molecule has 2 aliphatic heterocycles. The van der Waals surface area contributed by atoms with Gasteiger partial charge in [-0.1, -0.05) is 10.3 Å². The molecule has 0 radical (unpaired) electrons. The molecule has 2 rings (SSSR count). The number of aliphatic imine (C=N–C) groups is 2. The van der Waals surface area contributed by atoms with Crippen molar-refractivity contribution in [1.82, 2.24) is 9.80 Å². The van der Waals surface area contributed by atoms with E-state index in [0.29, 0.717) is 24.9 Å². The van der Waals surface area contributed by atoms with E-state index in [9.17, 15) is 0 Å². The Hall–Kier alpha value is -2.12. The van der Waals surface area contributed by atoms with Crippen LogP contribution in [0.5, 0.6) is 0 Å². The van der Waals surface area contributed by atoms with E-state index in [1.165, 1.54) is 0 Å². The van der Waals surface area contributed by atoms with Crippen molar-refractivity contribution in [1.29, 1.82) is 0 Å². The van der Waals surface area contributed by atoms with E-state index < -0.39 is 0 Å². The molecule has 2 heterocycles. The molecule has 2 aliphatic rings. The predicted molar refractivity (Wildman–Crippen MR) is 90.1 cm³/mol. The summed E-state index contributed by atoms with van der Waals surface area (Å²) >= 11 is 0. The molecule has 8 nitrogen and oxygen atoms in total. The van der Waals surface area contributed by atoms with E-state index in [0.717, 1.165) is 26.2 Å². The highest BCUT2D eigenvalue weighted by Crippen LogP contribution is 1.95. The van der Waals surface area contributed by atoms with E-state index in [2.05, 4.69) is 20.3 Å². The molecular weight excluding hydrogens is 284 g/mol. The number of likely N-dealkylation sites (N-methyl/N-ethyl adjacent to an activating group) is 2. The number of amidine groups is 2. The highest BCUT2D eigenvalue weighted by Gasteiger charge is 2.09. The summed E-state index contributed by atoms with van der Waals surface area (Å²) in [4.78, 5) is 21.5. The van der Waals surface area contributed by atoms with Crippen LogP contribution in [0.1, 0.15) is 16.6 Å². The van der Waals surface area contributed by atoms with Gasteiger partial charge in [-0.25, -0.2) is 0 Å². The van der Waals surface area contributed by atoms with Gasteiger partial charge < -0.3 is 19.5 Å². The number of hydrogen-bond donors (Lipinski definition) is 0. The second-order valence-corrected chi connectivity index (χ2v) is 4.50. The van der Waals surface area contributed by atoms with Crippen molar-refractivity contribution in [3.05, 3.63) is 0 Å². The zero-order valence-electron chi connectivity index (χ0n) is 15.7. The number of hydrogen-bond acceptors (Lipinski definition) is 8. The highest BCUT2D eigenvalue weighted by atomic mass is 16.6. The molecule has 0 aliphatic carbocycles. The molecule has 0 bridgehead atoms. The Kier molecular flexibility index (Phi) is 7.12. The summed E-state index contributed by atoms with van der Waals surface area (Å²) in [6.07, 6.45) is 0.216. The topological polar surface area (TPSA) is 74.4 Å². The zero-order valence-corrected chi connectivity index (χ0v) is 13.7. The molecule has 0 atom stereocenters. The first-order valence-corrected chi connectivity index (χ1v) is 7.36. The average Bonchev–Trinajstić information content (AvgIpc) is 3.19. The Morgan fingerprint density at radius 1 is 1.00 bits per heavy atom. The van der Waals surface area contributed by atoms with Crippen LogP contribution in [-0.2, 0) is 9.68 Å². The number of rotatable bonds is 6. The Morgan fingerprint density at radius 2 is 1.41 bits per heavy atom. The molecule has 0 fully saturated rings. The van der Waals surface area contributed by atoms with Crippen LogP contribution in [0.3, 0.4) is 0 Å². The Labute approximate surface area is 135 Å². The third-order valence-electron chi connectivity index (χ3n) is 2.80. The standard InChI is InChI=1S/2C7H13N3O/c2*1-3-11-9-6-7-8-4-5-10(7)2/h2*6H,3-5H2,1-2H3/i2*6T. The largest absolute Gasteiger partial charge is 0.396 e. The minimum Gasteiger partial charge on any atom is -0.396 e. The number of oxime groups is 2. The van der Waals surface area contributed by atoms with Crippen LogP contribution in [-0.4, -0.2) is 87.3 Å². The second kappa shape index (κ2) is 10.6. The molecule has 0 aromatic heterocycles. The summed E-state index contributed by atoms with van der Waals surface area (Å²) in [6, 6.07) is 0. The smallest absolute Gasteiger partial charge is 0.145 e. The summed E-state index contributed by atoms with van der Waals surface area (Å²) < 4.78 is 14.9. The summed E-state index contributed by atoms with van der Waals surface area (Å²) in [7, 11) is 3.78. The fraction of sp³-hybridized carbons (Fsp3) is 0.714. The maximum absolute atomic E-state index is 7.46. The zero-order chi connectivity index (χ0) is 17.9. The van der Waals surface area contributed by atoms with Crippen LogP contribution in [0.2, 0.25) is 0 Å². The van der Waals surface area contributed by atoms with E-state index in [-0.39, 0.29) is 12.4 Å². The maximum Gasteiger partial charge on any atom is 0.145 e. The van der Waals surface area contributed by atoms with Crippen molar-refractivity contribution >= 4 is 24.1 Å². The minimum absolute atomic E-state index is 0.108. The third kappa shape index (κ3) is 6.55. The van der Waals surface area contributed by atoms with Crippen molar-refractivity contribution in [2.75, 3.05) is 53.5 Å². The van der Waals surface area contributed by atoms with Crippen molar-refractivity contribution in [3.63, 3.8) is 0 Å². The first kappa shape index (κ1) is 14.8. The summed E-state index contributed by atoms with van der Waals surface area (Å²) in [5.41, 5.74) is 0. The molecule has 0 unspecified atom stereocenters. The van der Waals surface area contributed by atoms with Crippen molar-refractivity contribution in [3.8, 4) is 0 Å².